The van der Waals surface area contributed by atoms with Crippen molar-refractivity contribution in [2.45, 2.75) is 33.2 Å². The maximum atomic E-state index is 12.4. The van der Waals surface area contributed by atoms with Gasteiger partial charge in [-0.15, -0.1) is 0 Å². The van der Waals surface area contributed by atoms with Crippen LogP contribution in [0.4, 0.5) is 5.82 Å². The van der Waals surface area contributed by atoms with Gasteiger partial charge in [0.1, 0.15) is 5.82 Å². The molecule has 0 radical (unpaired) electrons. The van der Waals surface area contributed by atoms with Crippen LogP contribution in [0, 0.1) is 11.3 Å². The number of carbonyl (C=O) groups is 1. The first-order valence-electron chi connectivity index (χ1n) is 6.01. The zero-order chi connectivity index (χ0) is 12.2. The van der Waals surface area contributed by atoms with Crippen LogP contribution in [0.2, 0.25) is 0 Å². The van der Waals surface area contributed by atoms with Gasteiger partial charge in [-0.3, -0.25) is 9.69 Å². The summed E-state index contributed by atoms with van der Waals surface area (Å²) < 4.78 is 2.81. The minimum atomic E-state index is 0.207. The van der Waals surface area contributed by atoms with E-state index in [0.29, 0.717) is 5.41 Å². The second-order valence-electron chi connectivity index (χ2n) is 5.80. The number of amides is 1. The van der Waals surface area contributed by atoms with Crippen LogP contribution in [0.1, 0.15) is 26.7 Å². The van der Waals surface area contributed by atoms with Crippen molar-refractivity contribution in [2.24, 2.45) is 11.3 Å². The molecule has 1 fully saturated rings. The second kappa shape index (κ2) is 3.57. The van der Waals surface area contributed by atoms with Crippen molar-refractivity contribution in [3.8, 4) is 0 Å². The van der Waals surface area contributed by atoms with Gasteiger partial charge in [-0.05, 0) is 34.2 Å². The summed E-state index contributed by atoms with van der Waals surface area (Å²) in [6.07, 6.45) is 3.78. The van der Waals surface area contributed by atoms with Gasteiger partial charge in [0.15, 0.2) is 0 Å². The van der Waals surface area contributed by atoms with Crippen molar-refractivity contribution in [1.82, 2.24) is 9.78 Å². The van der Waals surface area contributed by atoms with E-state index in [1.54, 1.807) is 6.20 Å². The van der Waals surface area contributed by atoms with Crippen molar-refractivity contribution in [1.29, 1.82) is 0 Å². The first-order chi connectivity index (χ1) is 7.98. The van der Waals surface area contributed by atoms with Gasteiger partial charge in [0, 0.05) is 12.5 Å². The van der Waals surface area contributed by atoms with Crippen LogP contribution in [0.3, 0.4) is 0 Å². The summed E-state index contributed by atoms with van der Waals surface area (Å²) in [5.74, 6) is 1.40. The van der Waals surface area contributed by atoms with Gasteiger partial charge in [-0.2, -0.15) is 5.10 Å². The van der Waals surface area contributed by atoms with E-state index in [0.717, 1.165) is 36.2 Å². The molecule has 1 amide bonds. The first-order valence-corrected chi connectivity index (χ1v) is 6.80. The molecule has 3 rings (SSSR count). The highest BCUT2D eigenvalue weighted by atomic mass is 79.9. The summed E-state index contributed by atoms with van der Waals surface area (Å²) in [6, 6.07) is 0. The number of fused-ring (bicyclic) bond motifs is 1. The smallest absolute Gasteiger partial charge is 0.231 e. The number of hydrogen-bond donors (Lipinski definition) is 0. The number of halogens is 1. The topological polar surface area (TPSA) is 38.1 Å². The van der Waals surface area contributed by atoms with Crippen LogP contribution in [-0.2, 0) is 11.3 Å². The number of carbonyl (C=O) groups excluding carboxylic acids is 1. The predicted molar refractivity (Wildman–Crippen MR) is 68.8 cm³/mol. The highest BCUT2D eigenvalue weighted by Gasteiger charge is 2.43. The maximum absolute atomic E-state index is 12.4. The molecule has 17 heavy (non-hydrogen) atoms. The Hall–Kier alpha value is -0.840. The lowest BCUT2D eigenvalue weighted by Gasteiger charge is -2.42. The summed E-state index contributed by atoms with van der Waals surface area (Å²) in [5, 5.41) is 4.24. The van der Waals surface area contributed by atoms with Crippen molar-refractivity contribution in [2.75, 3.05) is 11.4 Å². The molecule has 1 aromatic heterocycles. The third-order valence-electron chi connectivity index (χ3n) is 3.77. The van der Waals surface area contributed by atoms with E-state index in [4.69, 9.17) is 0 Å². The molecule has 1 aliphatic heterocycles. The SMILES string of the molecule is CC1(C)CC(C(=O)N2CCn3ncc(Br)c32)C1. The van der Waals surface area contributed by atoms with Crippen LogP contribution >= 0.6 is 15.9 Å². The van der Waals surface area contributed by atoms with Gasteiger partial charge in [0.2, 0.25) is 5.91 Å². The van der Waals surface area contributed by atoms with E-state index in [9.17, 15) is 4.79 Å². The average Bonchev–Trinajstić information content (AvgIpc) is 2.77. The van der Waals surface area contributed by atoms with Crippen LogP contribution in [0.25, 0.3) is 0 Å². The molecule has 1 aliphatic carbocycles. The van der Waals surface area contributed by atoms with Gasteiger partial charge < -0.3 is 0 Å². The average molecular weight is 298 g/mol. The van der Waals surface area contributed by atoms with E-state index in [1.165, 1.54) is 0 Å². The molecule has 0 unspecified atom stereocenters. The summed E-state index contributed by atoms with van der Waals surface area (Å²) in [5.41, 5.74) is 0.345. The Balaban J connectivity index is 1.79. The summed E-state index contributed by atoms with van der Waals surface area (Å²) >= 11 is 3.46. The first kappa shape index (κ1) is 11.3. The molecule has 1 saturated carbocycles. The zero-order valence-corrected chi connectivity index (χ0v) is 11.7. The number of nitrogens with zero attached hydrogens (tertiary/aromatic N) is 3. The lowest BCUT2D eigenvalue weighted by Crippen LogP contribution is -2.44. The fraction of sp³-hybridized carbons (Fsp3) is 0.667. The van der Waals surface area contributed by atoms with Crippen LogP contribution in [0.15, 0.2) is 10.7 Å². The number of aromatic nitrogens is 2. The van der Waals surface area contributed by atoms with Crippen molar-refractivity contribution in [3.63, 3.8) is 0 Å². The van der Waals surface area contributed by atoms with Gasteiger partial charge in [-0.25, -0.2) is 4.68 Å². The third-order valence-corrected chi connectivity index (χ3v) is 4.33. The predicted octanol–water partition coefficient (Wildman–Crippen LogP) is 2.43. The van der Waals surface area contributed by atoms with E-state index in [1.807, 2.05) is 9.58 Å². The summed E-state index contributed by atoms with van der Waals surface area (Å²) in [4.78, 5) is 14.3. The standard InChI is InChI=1S/C12H16BrN3O/c1-12(2)5-8(6-12)11(17)15-3-4-16-10(15)9(13)7-14-16/h7-8H,3-6H2,1-2H3. The maximum Gasteiger partial charge on any atom is 0.231 e. The third kappa shape index (κ3) is 1.71. The molecule has 5 heteroatoms. The molecule has 0 spiro atoms. The van der Waals surface area contributed by atoms with Crippen molar-refractivity contribution in [3.05, 3.63) is 10.7 Å². The normalized spacial score (nSPS) is 22.4. The Bertz CT molecular complexity index is 472. The van der Waals surface area contributed by atoms with Gasteiger partial charge in [0.05, 0.1) is 17.2 Å². The quantitative estimate of drug-likeness (QED) is 0.798. The van der Waals surface area contributed by atoms with E-state index in [2.05, 4.69) is 34.9 Å². The molecule has 0 saturated heterocycles. The second-order valence-corrected chi connectivity index (χ2v) is 6.65. The Morgan fingerprint density at radius 1 is 1.47 bits per heavy atom. The molecule has 1 aromatic rings. The van der Waals surface area contributed by atoms with Crippen molar-refractivity contribution < 1.29 is 4.79 Å². The number of hydrogen-bond acceptors (Lipinski definition) is 2. The Labute approximate surface area is 109 Å². The molecule has 0 aromatic carbocycles. The monoisotopic (exact) mass is 297 g/mol. The Kier molecular flexibility index (Phi) is 2.37. The summed E-state index contributed by atoms with van der Waals surface area (Å²) in [7, 11) is 0. The molecule has 2 aliphatic rings. The zero-order valence-electron chi connectivity index (χ0n) is 10.1. The Morgan fingerprint density at radius 2 is 2.18 bits per heavy atom. The highest BCUT2D eigenvalue weighted by Crippen LogP contribution is 2.46. The minimum absolute atomic E-state index is 0.207. The lowest BCUT2D eigenvalue weighted by molar-refractivity contribution is -0.128. The minimum Gasteiger partial charge on any atom is -0.294 e. The van der Waals surface area contributed by atoms with Crippen LogP contribution in [-0.4, -0.2) is 22.2 Å². The van der Waals surface area contributed by atoms with Gasteiger partial charge in [-0.1, -0.05) is 13.8 Å². The Morgan fingerprint density at radius 3 is 2.82 bits per heavy atom. The van der Waals surface area contributed by atoms with Gasteiger partial charge >= 0.3 is 0 Å². The van der Waals surface area contributed by atoms with Crippen LogP contribution < -0.4 is 4.90 Å². The fourth-order valence-electron chi connectivity index (χ4n) is 2.97. The largest absolute Gasteiger partial charge is 0.294 e. The van der Waals surface area contributed by atoms with Crippen LogP contribution in [0.5, 0.6) is 0 Å². The molecule has 92 valence electrons. The molecule has 4 nitrogen and oxygen atoms in total. The molecular weight excluding hydrogens is 282 g/mol. The molecule has 0 bridgehead atoms. The van der Waals surface area contributed by atoms with Gasteiger partial charge in [0.25, 0.3) is 0 Å². The van der Waals surface area contributed by atoms with Crippen molar-refractivity contribution >= 4 is 27.7 Å². The molecule has 2 heterocycles. The highest BCUT2D eigenvalue weighted by molar-refractivity contribution is 9.10. The number of anilines is 1. The van der Waals surface area contributed by atoms with E-state index < -0.39 is 0 Å². The molecule has 0 N–H and O–H groups in total. The molecular formula is C12H16BrN3O. The fourth-order valence-corrected chi connectivity index (χ4v) is 3.48. The summed E-state index contributed by atoms with van der Waals surface area (Å²) in [6.45, 7) is 6.02. The molecule has 0 atom stereocenters. The van der Waals surface area contributed by atoms with E-state index >= 15 is 0 Å². The van der Waals surface area contributed by atoms with E-state index in [-0.39, 0.29) is 11.8 Å². The number of rotatable bonds is 1. The lowest BCUT2D eigenvalue weighted by atomic mass is 9.64.